The first kappa shape index (κ1) is 22.4. The number of carbonyl (C=O) groups is 2. The van der Waals surface area contributed by atoms with E-state index in [9.17, 15) is 9.59 Å². The van der Waals surface area contributed by atoms with Crippen LogP contribution in [0.25, 0.3) is 0 Å². The highest BCUT2D eigenvalue weighted by molar-refractivity contribution is 6.07. The summed E-state index contributed by atoms with van der Waals surface area (Å²) < 4.78 is 4.78. The third-order valence-corrected chi connectivity index (χ3v) is 4.93. The Morgan fingerprint density at radius 1 is 1.07 bits per heavy atom. The van der Waals surface area contributed by atoms with Gasteiger partial charge in [0.1, 0.15) is 0 Å². The van der Waals surface area contributed by atoms with Crippen LogP contribution >= 0.6 is 0 Å². The molecule has 2 aromatic carbocycles. The summed E-state index contributed by atoms with van der Waals surface area (Å²) >= 11 is 0. The molecule has 2 aromatic rings. The Labute approximate surface area is 173 Å². The van der Waals surface area contributed by atoms with Gasteiger partial charge in [-0.05, 0) is 50.6 Å². The van der Waals surface area contributed by atoms with Gasteiger partial charge in [0, 0.05) is 17.8 Å². The number of para-hydroxylation sites is 2. The summed E-state index contributed by atoms with van der Waals surface area (Å²) in [5.74, 6) is -0.264. The van der Waals surface area contributed by atoms with Crippen LogP contribution in [0, 0.1) is 0 Å². The summed E-state index contributed by atoms with van der Waals surface area (Å²) in [7, 11) is 1.38. The van der Waals surface area contributed by atoms with Crippen molar-refractivity contribution in [3.63, 3.8) is 0 Å². The first-order valence-electron chi connectivity index (χ1n) is 9.95. The van der Waals surface area contributed by atoms with E-state index in [4.69, 9.17) is 10.5 Å². The Morgan fingerprint density at radius 2 is 1.59 bits per heavy atom. The van der Waals surface area contributed by atoms with Crippen molar-refractivity contribution in [3.05, 3.63) is 60.7 Å². The van der Waals surface area contributed by atoms with Crippen LogP contribution in [0.15, 0.2) is 60.7 Å². The third-order valence-electron chi connectivity index (χ3n) is 4.93. The number of urea groups is 1. The predicted octanol–water partition coefficient (Wildman–Crippen LogP) is 4.20. The van der Waals surface area contributed by atoms with E-state index in [1.54, 1.807) is 9.80 Å². The van der Waals surface area contributed by atoms with Gasteiger partial charge < -0.3 is 10.5 Å². The molecule has 1 heterocycles. The lowest BCUT2D eigenvalue weighted by atomic mass is 9.94. The molecule has 0 saturated carbocycles. The largest absolute Gasteiger partial charge is 0.469 e. The maximum Gasteiger partial charge on any atom is 0.329 e. The zero-order valence-corrected chi connectivity index (χ0v) is 17.5. The fourth-order valence-corrected chi connectivity index (χ4v) is 3.30. The molecule has 1 unspecified atom stereocenters. The molecule has 29 heavy (non-hydrogen) atoms. The van der Waals surface area contributed by atoms with E-state index in [0.29, 0.717) is 13.0 Å². The highest BCUT2D eigenvalue weighted by atomic mass is 16.5. The van der Waals surface area contributed by atoms with Crippen molar-refractivity contribution in [1.29, 1.82) is 0 Å². The molecule has 1 aliphatic heterocycles. The van der Waals surface area contributed by atoms with Crippen molar-refractivity contribution in [1.82, 2.24) is 0 Å². The number of methoxy groups -OCH3 is 1. The molecule has 0 radical (unpaired) electrons. The molecule has 1 aliphatic rings. The van der Waals surface area contributed by atoms with E-state index in [0.717, 1.165) is 24.3 Å². The van der Waals surface area contributed by atoms with Crippen LogP contribution in [-0.2, 0) is 9.53 Å². The van der Waals surface area contributed by atoms with Gasteiger partial charge in [-0.3, -0.25) is 14.6 Å². The fourth-order valence-electron chi connectivity index (χ4n) is 3.30. The van der Waals surface area contributed by atoms with Crippen molar-refractivity contribution >= 4 is 23.4 Å². The van der Waals surface area contributed by atoms with Crippen LogP contribution in [0.2, 0.25) is 0 Å². The molecule has 1 saturated heterocycles. The van der Waals surface area contributed by atoms with E-state index < -0.39 is 5.54 Å². The number of carbonyl (C=O) groups excluding carboxylic acids is 2. The van der Waals surface area contributed by atoms with E-state index in [1.165, 1.54) is 7.11 Å². The molecule has 1 fully saturated rings. The van der Waals surface area contributed by atoms with E-state index >= 15 is 0 Å². The first-order valence-corrected chi connectivity index (χ1v) is 9.95. The van der Waals surface area contributed by atoms with Crippen molar-refractivity contribution < 1.29 is 14.3 Å². The lowest BCUT2D eigenvalue weighted by molar-refractivity contribution is -0.140. The lowest BCUT2D eigenvalue weighted by Gasteiger charge is -2.33. The average molecular weight is 398 g/mol. The predicted molar refractivity (Wildman–Crippen MR) is 117 cm³/mol. The summed E-state index contributed by atoms with van der Waals surface area (Å²) in [4.78, 5) is 28.4. The molecule has 2 amide bonds. The normalized spacial score (nSPS) is 18.3. The summed E-state index contributed by atoms with van der Waals surface area (Å²) in [6.45, 7) is 5.41. The maximum absolute atomic E-state index is 13.2. The Hall–Kier alpha value is -2.86. The molecular weight excluding hydrogens is 366 g/mol. The minimum atomic E-state index is -0.498. The quantitative estimate of drug-likeness (QED) is 0.741. The minimum Gasteiger partial charge on any atom is -0.469 e. The second kappa shape index (κ2) is 10.6. The number of rotatable bonds is 6. The molecule has 2 N–H and O–H groups in total. The topological polar surface area (TPSA) is 75.9 Å². The molecule has 1 atom stereocenters. The molecular formula is C23H31N3O3. The Balaban J connectivity index is 0.000000687. The lowest BCUT2D eigenvalue weighted by Crippen LogP contribution is -2.45. The number of esters is 1. The summed E-state index contributed by atoms with van der Waals surface area (Å²) in [5, 5.41) is 0. The molecule has 156 valence electrons. The van der Waals surface area contributed by atoms with E-state index in [1.807, 2.05) is 67.6 Å². The van der Waals surface area contributed by atoms with Gasteiger partial charge in [-0.25, -0.2) is 4.79 Å². The van der Waals surface area contributed by atoms with Crippen molar-refractivity contribution in [2.24, 2.45) is 5.73 Å². The highest BCUT2D eigenvalue weighted by Crippen LogP contribution is 2.37. The number of amides is 2. The number of benzene rings is 2. The Kier molecular flexibility index (Phi) is 8.21. The van der Waals surface area contributed by atoms with Gasteiger partial charge in [0.15, 0.2) is 0 Å². The fraction of sp³-hybridized carbons (Fsp3) is 0.391. The number of nitrogens with two attached hydrogens (primary N) is 1. The number of hydrogen-bond acceptors (Lipinski definition) is 4. The van der Waals surface area contributed by atoms with Gasteiger partial charge in [0.05, 0.1) is 19.2 Å². The summed E-state index contributed by atoms with van der Waals surface area (Å²) in [6, 6.07) is 19.1. The number of nitrogens with zero attached hydrogens (tertiary/aromatic N) is 2. The summed E-state index contributed by atoms with van der Waals surface area (Å²) in [6.07, 6.45) is 1.90. The van der Waals surface area contributed by atoms with Crippen LogP contribution in [0.5, 0.6) is 0 Å². The standard InChI is InChI=1S/C20H22N2O3.C3H9N/c1-20(14-13-18(23)25-2)15-21(16-9-5-3-6-10-16)19(24)22(20)17-11-7-4-8-12-17;1-2-3-4/h3-12H,13-15H2,1-2H3;2-4H2,1H3. The third kappa shape index (κ3) is 5.57. The van der Waals surface area contributed by atoms with Crippen molar-refractivity contribution in [3.8, 4) is 0 Å². The number of ether oxygens (including phenoxy) is 1. The zero-order valence-electron chi connectivity index (χ0n) is 17.5. The van der Waals surface area contributed by atoms with Crippen molar-refractivity contribution in [2.75, 3.05) is 30.0 Å². The van der Waals surface area contributed by atoms with E-state index in [2.05, 4.69) is 6.92 Å². The monoisotopic (exact) mass is 397 g/mol. The van der Waals surface area contributed by atoms with Crippen LogP contribution in [0.3, 0.4) is 0 Å². The molecule has 0 aromatic heterocycles. The second-order valence-electron chi connectivity index (χ2n) is 7.24. The van der Waals surface area contributed by atoms with E-state index in [-0.39, 0.29) is 18.4 Å². The van der Waals surface area contributed by atoms with Gasteiger partial charge in [0.2, 0.25) is 0 Å². The number of anilines is 2. The van der Waals surface area contributed by atoms with Gasteiger partial charge >= 0.3 is 12.0 Å². The van der Waals surface area contributed by atoms with Gasteiger partial charge in [-0.15, -0.1) is 0 Å². The van der Waals surface area contributed by atoms with Crippen LogP contribution in [0.4, 0.5) is 16.2 Å². The van der Waals surface area contributed by atoms with Crippen LogP contribution < -0.4 is 15.5 Å². The molecule has 0 spiro atoms. The molecule has 6 nitrogen and oxygen atoms in total. The molecule has 0 aliphatic carbocycles. The maximum atomic E-state index is 13.2. The zero-order chi connectivity index (χ0) is 21.3. The second-order valence-corrected chi connectivity index (χ2v) is 7.24. The number of hydrogen-bond donors (Lipinski definition) is 1. The van der Waals surface area contributed by atoms with Gasteiger partial charge in [0.25, 0.3) is 0 Å². The van der Waals surface area contributed by atoms with Crippen molar-refractivity contribution in [2.45, 2.75) is 38.6 Å². The smallest absolute Gasteiger partial charge is 0.329 e. The SMILES string of the molecule is CCCN.COC(=O)CCC1(C)CN(c2ccccc2)C(=O)N1c1ccccc1. The molecule has 3 rings (SSSR count). The Morgan fingerprint density at radius 3 is 2.07 bits per heavy atom. The highest BCUT2D eigenvalue weighted by Gasteiger charge is 2.47. The Bertz CT molecular complexity index is 780. The molecule has 6 heteroatoms. The first-order chi connectivity index (χ1) is 14.0. The summed E-state index contributed by atoms with van der Waals surface area (Å²) in [5.41, 5.74) is 6.22. The van der Waals surface area contributed by atoms with Crippen LogP contribution in [0.1, 0.15) is 33.1 Å². The average Bonchev–Trinajstić information content (AvgIpc) is 3.04. The minimum absolute atomic E-state index is 0.0789. The van der Waals surface area contributed by atoms with Crippen LogP contribution in [-0.4, -0.2) is 37.7 Å². The molecule has 0 bridgehead atoms. The van der Waals surface area contributed by atoms with Gasteiger partial charge in [-0.1, -0.05) is 43.3 Å². The van der Waals surface area contributed by atoms with Gasteiger partial charge in [-0.2, -0.15) is 0 Å².